The molecule has 1 aromatic heterocycles. The molecule has 0 amide bonds. The lowest BCUT2D eigenvalue weighted by Gasteiger charge is -2.13. The Balaban J connectivity index is 3.01. The van der Waals surface area contributed by atoms with Crippen LogP contribution < -0.4 is 10.6 Å². The third-order valence-corrected chi connectivity index (χ3v) is 3.08. The van der Waals surface area contributed by atoms with Gasteiger partial charge < -0.3 is 10.6 Å². The van der Waals surface area contributed by atoms with E-state index in [1.54, 1.807) is 20.2 Å². The smallest absolute Gasteiger partial charge is 0.353 e. The van der Waals surface area contributed by atoms with E-state index in [-0.39, 0.29) is 23.4 Å². The van der Waals surface area contributed by atoms with Gasteiger partial charge in [0.25, 0.3) is 0 Å². The number of aromatic nitrogens is 2. The quantitative estimate of drug-likeness (QED) is 0.577. The average Bonchev–Trinajstić information content (AvgIpc) is 2.26. The van der Waals surface area contributed by atoms with Crippen molar-refractivity contribution in [1.82, 2.24) is 9.97 Å². The molecule has 100 valence electrons. The van der Waals surface area contributed by atoms with E-state index in [0.29, 0.717) is 5.75 Å². The fraction of sp³-hybridized carbons (Fsp3) is 0.556. The highest BCUT2D eigenvalue weighted by atomic mass is 32.2. The van der Waals surface area contributed by atoms with Crippen molar-refractivity contribution in [2.75, 3.05) is 29.7 Å². The minimum Gasteiger partial charge on any atom is -0.367 e. The number of hydrogen-bond acceptors (Lipinski definition) is 7. The molecule has 0 aliphatic heterocycles. The summed E-state index contributed by atoms with van der Waals surface area (Å²) in [5, 5.41) is 16.5. The molecule has 0 aliphatic carbocycles. The summed E-state index contributed by atoms with van der Waals surface area (Å²) in [6.07, 6.45) is 2.81. The molecule has 0 aliphatic rings. The van der Waals surface area contributed by atoms with E-state index in [1.807, 2.05) is 0 Å². The Labute approximate surface area is 107 Å². The molecule has 2 unspecified atom stereocenters. The third kappa shape index (κ3) is 3.62. The summed E-state index contributed by atoms with van der Waals surface area (Å²) >= 11 is 0. The number of hydrogen-bond donors (Lipinski definition) is 2. The fourth-order valence-electron chi connectivity index (χ4n) is 1.47. The van der Waals surface area contributed by atoms with E-state index in [4.69, 9.17) is 0 Å². The Morgan fingerprint density at radius 1 is 1.50 bits per heavy atom. The maximum atomic E-state index is 11.1. The Morgan fingerprint density at radius 3 is 2.61 bits per heavy atom. The van der Waals surface area contributed by atoms with E-state index in [0.717, 1.165) is 0 Å². The van der Waals surface area contributed by atoms with Crippen LogP contribution in [0.4, 0.5) is 17.3 Å². The van der Waals surface area contributed by atoms with Crippen molar-refractivity contribution < 1.29 is 9.13 Å². The van der Waals surface area contributed by atoms with Crippen molar-refractivity contribution in [3.05, 3.63) is 16.4 Å². The number of nitro groups is 1. The summed E-state index contributed by atoms with van der Waals surface area (Å²) in [5.41, 5.74) is -0.214. The largest absolute Gasteiger partial charge is 0.367 e. The predicted molar refractivity (Wildman–Crippen MR) is 70.3 cm³/mol. The molecule has 2 N–H and O–H groups in total. The van der Waals surface area contributed by atoms with Gasteiger partial charge in [-0.1, -0.05) is 0 Å². The number of anilines is 2. The lowest BCUT2D eigenvalue weighted by Crippen LogP contribution is -2.23. The summed E-state index contributed by atoms with van der Waals surface area (Å²) < 4.78 is 11.1. The lowest BCUT2D eigenvalue weighted by molar-refractivity contribution is -0.383. The van der Waals surface area contributed by atoms with E-state index in [9.17, 15) is 14.3 Å². The standard InChI is InChI=1S/C9H15N5O3S/c1-6(4-18(3)17)13-9-7(14(15)16)8(10-2)11-5-12-9/h5-6H,4H2,1-3H3,(H2,10,11,12,13). The summed E-state index contributed by atoms with van der Waals surface area (Å²) in [6.45, 7) is 1.78. The van der Waals surface area contributed by atoms with Gasteiger partial charge in [-0.2, -0.15) is 0 Å². The molecule has 0 saturated carbocycles. The van der Waals surface area contributed by atoms with Crippen LogP contribution in [0.3, 0.4) is 0 Å². The summed E-state index contributed by atoms with van der Waals surface area (Å²) in [4.78, 5) is 18.1. The zero-order valence-electron chi connectivity index (χ0n) is 10.3. The Morgan fingerprint density at radius 2 is 2.11 bits per heavy atom. The fourth-order valence-corrected chi connectivity index (χ4v) is 2.25. The monoisotopic (exact) mass is 273 g/mol. The minimum absolute atomic E-state index is 0.123. The van der Waals surface area contributed by atoms with Gasteiger partial charge in [0, 0.05) is 35.9 Å². The first kappa shape index (κ1) is 14.3. The van der Waals surface area contributed by atoms with Crippen LogP contribution >= 0.6 is 0 Å². The second-order valence-corrected chi connectivity index (χ2v) is 5.19. The maximum Gasteiger partial charge on any atom is 0.353 e. The first-order valence-electron chi connectivity index (χ1n) is 5.19. The highest BCUT2D eigenvalue weighted by molar-refractivity contribution is 7.84. The van der Waals surface area contributed by atoms with Crippen LogP contribution in [0.15, 0.2) is 6.33 Å². The molecular weight excluding hydrogens is 258 g/mol. The predicted octanol–water partition coefficient (Wildman–Crippen LogP) is 0.605. The third-order valence-electron chi connectivity index (χ3n) is 2.11. The Bertz CT molecular complexity index is 468. The van der Waals surface area contributed by atoms with Crippen LogP contribution in [-0.4, -0.2) is 44.2 Å². The molecule has 1 rings (SSSR count). The molecule has 1 heterocycles. The van der Waals surface area contributed by atoms with Crippen LogP contribution in [0.1, 0.15) is 6.92 Å². The van der Waals surface area contributed by atoms with E-state index >= 15 is 0 Å². The Hall–Kier alpha value is -1.77. The molecule has 9 heteroatoms. The van der Waals surface area contributed by atoms with Crippen LogP contribution in [0.25, 0.3) is 0 Å². The van der Waals surface area contributed by atoms with Crippen LogP contribution in [0.2, 0.25) is 0 Å². The van der Waals surface area contributed by atoms with Gasteiger partial charge in [0.15, 0.2) is 0 Å². The summed E-state index contributed by atoms with van der Waals surface area (Å²) in [5.74, 6) is 0.649. The van der Waals surface area contributed by atoms with Gasteiger partial charge in [-0.25, -0.2) is 9.97 Å². The molecule has 1 aromatic rings. The van der Waals surface area contributed by atoms with E-state index in [2.05, 4.69) is 20.6 Å². The van der Waals surface area contributed by atoms with Crippen LogP contribution in [-0.2, 0) is 10.8 Å². The number of rotatable bonds is 6. The van der Waals surface area contributed by atoms with Crippen molar-refractivity contribution >= 4 is 28.1 Å². The number of nitrogens with zero attached hydrogens (tertiary/aromatic N) is 3. The first-order chi connectivity index (χ1) is 8.45. The second-order valence-electron chi connectivity index (χ2n) is 3.71. The van der Waals surface area contributed by atoms with Crippen molar-refractivity contribution in [3.8, 4) is 0 Å². The average molecular weight is 273 g/mol. The van der Waals surface area contributed by atoms with Gasteiger partial charge in [0.1, 0.15) is 6.33 Å². The molecule has 0 fully saturated rings. The zero-order valence-corrected chi connectivity index (χ0v) is 11.2. The SMILES string of the molecule is CNc1ncnc(NC(C)CS(C)=O)c1[N+](=O)[O-]. The second kappa shape index (κ2) is 6.24. The summed E-state index contributed by atoms with van der Waals surface area (Å²) in [6, 6.07) is -0.186. The van der Waals surface area contributed by atoms with Crippen molar-refractivity contribution in [3.63, 3.8) is 0 Å². The highest BCUT2D eigenvalue weighted by Crippen LogP contribution is 2.28. The Kier molecular flexibility index (Phi) is 4.95. The van der Waals surface area contributed by atoms with Crippen molar-refractivity contribution in [2.24, 2.45) is 0 Å². The van der Waals surface area contributed by atoms with Gasteiger partial charge in [-0.3, -0.25) is 14.3 Å². The van der Waals surface area contributed by atoms with Crippen LogP contribution in [0, 0.1) is 10.1 Å². The molecule has 0 radical (unpaired) electrons. The van der Waals surface area contributed by atoms with E-state index < -0.39 is 15.7 Å². The lowest BCUT2D eigenvalue weighted by atomic mass is 10.3. The number of nitrogens with one attached hydrogen (secondary N) is 2. The van der Waals surface area contributed by atoms with Gasteiger partial charge in [-0.15, -0.1) is 0 Å². The van der Waals surface area contributed by atoms with Crippen LogP contribution in [0.5, 0.6) is 0 Å². The normalized spacial score (nSPS) is 13.7. The van der Waals surface area contributed by atoms with E-state index in [1.165, 1.54) is 6.33 Å². The molecule has 2 atom stereocenters. The van der Waals surface area contributed by atoms with Gasteiger partial charge in [-0.05, 0) is 6.92 Å². The summed E-state index contributed by atoms with van der Waals surface area (Å²) in [7, 11) is 0.560. The molecular formula is C9H15N5O3S. The minimum atomic E-state index is -0.985. The maximum absolute atomic E-state index is 11.1. The van der Waals surface area contributed by atoms with Gasteiger partial charge in [0.2, 0.25) is 11.6 Å². The van der Waals surface area contributed by atoms with Crippen molar-refractivity contribution in [1.29, 1.82) is 0 Å². The first-order valence-corrected chi connectivity index (χ1v) is 6.92. The topological polar surface area (TPSA) is 110 Å². The molecule has 18 heavy (non-hydrogen) atoms. The van der Waals surface area contributed by atoms with Gasteiger partial charge in [0.05, 0.1) is 4.92 Å². The molecule has 8 nitrogen and oxygen atoms in total. The van der Waals surface area contributed by atoms with Gasteiger partial charge >= 0.3 is 5.69 Å². The molecule has 0 spiro atoms. The molecule has 0 aromatic carbocycles. The molecule has 0 saturated heterocycles. The zero-order chi connectivity index (χ0) is 13.7. The highest BCUT2D eigenvalue weighted by Gasteiger charge is 2.23. The van der Waals surface area contributed by atoms with Crippen molar-refractivity contribution in [2.45, 2.75) is 13.0 Å². The molecule has 0 bridgehead atoms.